The number of thioether (sulfide) groups is 1. The predicted molar refractivity (Wildman–Crippen MR) is 65.4 cm³/mol. The molecule has 16 heavy (non-hydrogen) atoms. The molecule has 1 heterocycles. The van der Waals surface area contributed by atoms with Gasteiger partial charge in [0.2, 0.25) is 0 Å². The van der Waals surface area contributed by atoms with E-state index in [1.165, 1.54) is 11.3 Å². The maximum atomic E-state index is 10.6. The van der Waals surface area contributed by atoms with Crippen LogP contribution in [-0.2, 0) is 16.0 Å². The standard InChI is InChI=1S/C10H15NO3S2/c1-6(5-14-3)15-10-11-7(2)8(16-10)4-9(12)13/h6H,4-5H2,1-3H3,(H,12,13). The monoisotopic (exact) mass is 261 g/mol. The van der Waals surface area contributed by atoms with Crippen molar-refractivity contribution < 1.29 is 14.6 Å². The fourth-order valence-electron chi connectivity index (χ4n) is 1.19. The van der Waals surface area contributed by atoms with Crippen molar-refractivity contribution in [2.24, 2.45) is 0 Å². The molecule has 0 amide bonds. The van der Waals surface area contributed by atoms with Crippen LogP contribution in [0.15, 0.2) is 4.34 Å². The van der Waals surface area contributed by atoms with Crippen LogP contribution in [0, 0.1) is 6.92 Å². The second-order valence-corrected chi connectivity index (χ2v) is 6.21. The summed E-state index contributed by atoms with van der Waals surface area (Å²) in [7, 11) is 1.67. The second-order valence-electron chi connectivity index (χ2n) is 3.44. The molecule has 1 unspecified atom stereocenters. The summed E-state index contributed by atoms with van der Waals surface area (Å²) >= 11 is 3.08. The number of hydrogen-bond donors (Lipinski definition) is 1. The van der Waals surface area contributed by atoms with E-state index in [-0.39, 0.29) is 6.42 Å². The molecule has 0 aliphatic carbocycles. The van der Waals surface area contributed by atoms with Gasteiger partial charge in [-0.2, -0.15) is 0 Å². The summed E-state index contributed by atoms with van der Waals surface area (Å²) in [6, 6.07) is 0. The minimum Gasteiger partial charge on any atom is -0.481 e. The number of nitrogens with zero attached hydrogens (tertiary/aromatic N) is 1. The highest BCUT2D eigenvalue weighted by atomic mass is 32.2. The third-order valence-electron chi connectivity index (χ3n) is 1.89. The van der Waals surface area contributed by atoms with E-state index >= 15 is 0 Å². The van der Waals surface area contributed by atoms with E-state index in [0.717, 1.165) is 14.9 Å². The van der Waals surface area contributed by atoms with Gasteiger partial charge in [0, 0.05) is 17.2 Å². The molecule has 1 aromatic rings. The maximum Gasteiger partial charge on any atom is 0.308 e. The molecular formula is C10H15NO3S2. The first-order valence-corrected chi connectivity index (χ1v) is 6.56. The molecule has 0 radical (unpaired) electrons. The average molecular weight is 261 g/mol. The molecule has 1 aromatic heterocycles. The number of carbonyl (C=O) groups is 1. The third-order valence-corrected chi connectivity index (χ3v) is 4.21. The van der Waals surface area contributed by atoms with E-state index in [1.54, 1.807) is 18.9 Å². The lowest BCUT2D eigenvalue weighted by molar-refractivity contribution is -0.136. The first-order valence-electron chi connectivity index (χ1n) is 4.86. The number of hydrogen-bond acceptors (Lipinski definition) is 5. The van der Waals surface area contributed by atoms with Crippen LogP contribution in [0.3, 0.4) is 0 Å². The lowest BCUT2D eigenvalue weighted by Crippen LogP contribution is -2.04. The summed E-state index contributed by atoms with van der Waals surface area (Å²) < 4.78 is 5.95. The summed E-state index contributed by atoms with van der Waals surface area (Å²) in [4.78, 5) is 15.8. The highest BCUT2D eigenvalue weighted by molar-refractivity contribution is 8.01. The Labute approximate surface area is 103 Å². The Bertz CT molecular complexity index is 365. The van der Waals surface area contributed by atoms with Crippen LogP contribution in [0.4, 0.5) is 0 Å². The molecule has 0 saturated heterocycles. The minimum absolute atomic E-state index is 0.0583. The lowest BCUT2D eigenvalue weighted by Gasteiger charge is -2.06. The fourth-order valence-corrected chi connectivity index (χ4v) is 3.70. The Morgan fingerprint density at radius 3 is 2.94 bits per heavy atom. The van der Waals surface area contributed by atoms with Crippen molar-refractivity contribution in [3.63, 3.8) is 0 Å². The third kappa shape index (κ3) is 4.11. The van der Waals surface area contributed by atoms with Gasteiger partial charge in [-0.3, -0.25) is 4.79 Å². The summed E-state index contributed by atoms with van der Waals surface area (Å²) in [5.74, 6) is -0.812. The molecular weight excluding hydrogens is 246 g/mol. The molecule has 1 N–H and O–H groups in total. The van der Waals surface area contributed by atoms with Crippen LogP contribution in [0.1, 0.15) is 17.5 Å². The summed E-state index contributed by atoms with van der Waals surface area (Å²) in [6.45, 7) is 4.57. The Morgan fingerprint density at radius 1 is 1.69 bits per heavy atom. The highest BCUT2D eigenvalue weighted by Gasteiger charge is 2.13. The minimum atomic E-state index is -0.812. The van der Waals surface area contributed by atoms with Gasteiger partial charge in [0.1, 0.15) is 0 Å². The molecule has 0 aliphatic heterocycles. The summed E-state index contributed by atoms with van der Waals surface area (Å²) in [6.07, 6.45) is 0.0583. The van der Waals surface area contributed by atoms with E-state index in [4.69, 9.17) is 9.84 Å². The van der Waals surface area contributed by atoms with Gasteiger partial charge in [0.05, 0.1) is 18.7 Å². The van der Waals surface area contributed by atoms with Crippen molar-refractivity contribution in [2.45, 2.75) is 29.9 Å². The van der Waals surface area contributed by atoms with Crippen molar-refractivity contribution in [3.8, 4) is 0 Å². The number of thiazole rings is 1. The zero-order chi connectivity index (χ0) is 12.1. The number of aromatic nitrogens is 1. The van der Waals surface area contributed by atoms with Crippen LogP contribution in [-0.4, -0.2) is 35.0 Å². The van der Waals surface area contributed by atoms with Gasteiger partial charge in [0.25, 0.3) is 0 Å². The molecule has 4 nitrogen and oxygen atoms in total. The summed E-state index contributed by atoms with van der Waals surface area (Å²) in [5, 5.41) is 9.05. The van der Waals surface area contributed by atoms with E-state index in [0.29, 0.717) is 11.9 Å². The van der Waals surface area contributed by atoms with Gasteiger partial charge in [-0.15, -0.1) is 11.3 Å². The zero-order valence-corrected chi connectivity index (χ0v) is 11.2. The molecule has 6 heteroatoms. The van der Waals surface area contributed by atoms with E-state index in [1.807, 2.05) is 6.92 Å². The summed E-state index contributed by atoms with van der Waals surface area (Å²) in [5.41, 5.74) is 0.819. The molecule has 0 bridgehead atoms. The molecule has 0 saturated carbocycles. The van der Waals surface area contributed by atoms with Gasteiger partial charge in [0.15, 0.2) is 4.34 Å². The van der Waals surface area contributed by atoms with Crippen LogP contribution >= 0.6 is 23.1 Å². The van der Waals surface area contributed by atoms with Crippen LogP contribution < -0.4 is 0 Å². The van der Waals surface area contributed by atoms with E-state index in [9.17, 15) is 4.79 Å². The number of aliphatic carboxylic acids is 1. The second kappa shape index (κ2) is 6.22. The SMILES string of the molecule is COCC(C)Sc1nc(C)c(CC(=O)O)s1. The van der Waals surface area contributed by atoms with Gasteiger partial charge in [-0.25, -0.2) is 4.98 Å². The molecule has 1 atom stereocenters. The van der Waals surface area contributed by atoms with Crippen molar-refractivity contribution in [3.05, 3.63) is 10.6 Å². The number of carboxylic acid groups (broad SMARTS) is 1. The molecule has 0 aliphatic rings. The highest BCUT2D eigenvalue weighted by Crippen LogP contribution is 2.30. The van der Waals surface area contributed by atoms with Gasteiger partial charge in [-0.05, 0) is 6.92 Å². The Hall–Kier alpha value is -0.590. The van der Waals surface area contributed by atoms with Crippen LogP contribution in [0.25, 0.3) is 0 Å². The Balaban J connectivity index is 2.65. The van der Waals surface area contributed by atoms with Gasteiger partial charge < -0.3 is 9.84 Å². The first kappa shape index (κ1) is 13.5. The smallest absolute Gasteiger partial charge is 0.308 e. The fraction of sp³-hybridized carbons (Fsp3) is 0.600. The molecule has 1 rings (SSSR count). The Kier molecular flexibility index (Phi) is 5.24. The van der Waals surface area contributed by atoms with Gasteiger partial charge >= 0.3 is 5.97 Å². The van der Waals surface area contributed by atoms with Crippen molar-refractivity contribution in [1.82, 2.24) is 4.98 Å². The number of ether oxygens (including phenoxy) is 1. The largest absolute Gasteiger partial charge is 0.481 e. The average Bonchev–Trinajstić information content (AvgIpc) is 2.45. The van der Waals surface area contributed by atoms with E-state index < -0.39 is 5.97 Å². The van der Waals surface area contributed by atoms with Crippen molar-refractivity contribution in [1.29, 1.82) is 0 Å². The number of carboxylic acids is 1. The van der Waals surface area contributed by atoms with Crippen LogP contribution in [0.5, 0.6) is 0 Å². The molecule has 0 spiro atoms. The van der Waals surface area contributed by atoms with Gasteiger partial charge in [-0.1, -0.05) is 18.7 Å². The topological polar surface area (TPSA) is 59.4 Å². The molecule has 0 aromatic carbocycles. The molecule has 90 valence electrons. The Morgan fingerprint density at radius 2 is 2.38 bits per heavy atom. The number of methoxy groups -OCH3 is 1. The predicted octanol–water partition coefficient (Wildman–Crippen LogP) is 2.21. The van der Waals surface area contributed by atoms with E-state index in [2.05, 4.69) is 11.9 Å². The number of rotatable bonds is 6. The van der Waals surface area contributed by atoms with Crippen LogP contribution in [0.2, 0.25) is 0 Å². The van der Waals surface area contributed by atoms with Crippen molar-refractivity contribution in [2.75, 3.05) is 13.7 Å². The normalized spacial score (nSPS) is 12.7. The molecule has 0 fully saturated rings. The van der Waals surface area contributed by atoms with Crippen molar-refractivity contribution >= 4 is 29.1 Å². The number of aryl methyl sites for hydroxylation is 1. The maximum absolute atomic E-state index is 10.6. The lowest BCUT2D eigenvalue weighted by atomic mass is 10.3. The first-order chi connectivity index (χ1) is 7.52. The quantitative estimate of drug-likeness (QED) is 0.796. The zero-order valence-electron chi connectivity index (χ0n) is 9.52.